The van der Waals surface area contributed by atoms with Gasteiger partial charge in [0.15, 0.2) is 0 Å². The van der Waals surface area contributed by atoms with Crippen molar-refractivity contribution < 1.29 is 17.9 Å². The second kappa shape index (κ2) is 11.9. The molecule has 8 nitrogen and oxygen atoms in total. The fourth-order valence-corrected chi connectivity index (χ4v) is 5.98. The average Bonchev–Trinajstić information content (AvgIpc) is 2.80. The molecule has 4 N–H and O–H groups in total. The Balaban J connectivity index is 1.89. The Labute approximate surface area is 216 Å². The summed E-state index contributed by atoms with van der Waals surface area (Å²) in [6.45, 7) is 3.84. The predicted octanol–water partition coefficient (Wildman–Crippen LogP) is 4.02. The smallest absolute Gasteiger partial charge is 0.266 e. The van der Waals surface area contributed by atoms with Gasteiger partial charge in [0.25, 0.3) is 10.0 Å². The first-order valence-corrected chi connectivity index (χ1v) is 13.1. The zero-order valence-corrected chi connectivity index (χ0v) is 21.7. The minimum atomic E-state index is -4.12. The minimum absolute atomic E-state index is 0.0601. The molecule has 0 saturated carbocycles. The summed E-state index contributed by atoms with van der Waals surface area (Å²) in [6, 6.07) is 18.4. The number of nitrogens with two attached hydrogens (primary N) is 2. The number of aryl methyl sites for hydroxylation is 1. The Morgan fingerprint density at radius 1 is 1.14 bits per heavy atom. The van der Waals surface area contributed by atoms with Crippen LogP contribution in [0.4, 0.5) is 5.69 Å². The third-order valence-electron chi connectivity index (χ3n) is 5.42. The van der Waals surface area contributed by atoms with Crippen molar-refractivity contribution in [1.82, 2.24) is 0 Å². The SMILES string of the molecule is Cc1cc(OCCc2ccc(/C=N/N)cc2)cc(N(C(C)CC(N)=O)S(=O)(=O)c2ccccc2Cl)c1. The maximum absolute atomic E-state index is 13.7. The van der Waals surface area contributed by atoms with E-state index in [-0.39, 0.29) is 16.3 Å². The van der Waals surface area contributed by atoms with E-state index < -0.39 is 22.0 Å². The van der Waals surface area contributed by atoms with E-state index >= 15 is 0 Å². The molecule has 0 aliphatic heterocycles. The standard InChI is InChI=1S/C26H29ClN4O4S/c1-18-13-22(16-23(14-18)35-12-11-20-7-9-21(10-8-20)17-30-29)31(19(2)15-26(28)32)36(33,34)25-6-4-3-5-24(25)27/h3-10,13-14,16-17,19H,11-12,15,29H2,1-2H3,(H2,28,32)/b30-17+. The molecule has 0 heterocycles. The molecule has 0 aliphatic carbocycles. The van der Waals surface area contributed by atoms with Crippen LogP contribution in [0.3, 0.4) is 0 Å². The zero-order valence-electron chi connectivity index (χ0n) is 20.1. The summed E-state index contributed by atoms with van der Waals surface area (Å²) in [5, 5.41) is 3.59. The molecule has 0 spiro atoms. The number of hydrazone groups is 1. The molecule has 0 radical (unpaired) electrons. The number of nitrogens with zero attached hydrogens (tertiary/aromatic N) is 2. The van der Waals surface area contributed by atoms with Crippen LogP contribution in [-0.2, 0) is 21.2 Å². The van der Waals surface area contributed by atoms with Crippen LogP contribution in [0.2, 0.25) is 5.02 Å². The molecule has 0 fully saturated rings. The molecule has 190 valence electrons. The van der Waals surface area contributed by atoms with Crippen molar-refractivity contribution in [3.63, 3.8) is 0 Å². The van der Waals surface area contributed by atoms with E-state index in [1.54, 1.807) is 37.4 Å². The second-order valence-electron chi connectivity index (χ2n) is 8.37. The molecule has 36 heavy (non-hydrogen) atoms. The Morgan fingerprint density at radius 3 is 2.47 bits per heavy atom. The van der Waals surface area contributed by atoms with E-state index in [1.165, 1.54) is 16.4 Å². The molecule has 3 aromatic carbocycles. The van der Waals surface area contributed by atoms with E-state index in [0.29, 0.717) is 24.5 Å². The van der Waals surface area contributed by atoms with Crippen molar-refractivity contribution in [2.24, 2.45) is 16.7 Å². The number of rotatable bonds is 11. The van der Waals surface area contributed by atoms with Gasteiger partial charge in [0.1, 0.15) is 10.6 Å². The molecule has 3 rings (SSSR count). The maximum Gasteiger partial charge on any atom is 0.266 e. The highest BCUT2D eigenvalue weighted by molar-refractivity contribution is 7.93. The Kier molecular flexibility index (Phi) is 8.95. The third-order valence-corrected chi connectivity index (χ3v) is 7.87. The molecular formula is C26H29ClN4O4S. The highest BCUT2D eigenvalue weighted by Crippen LogP contribution is 2.33. The van der Waals surface area contributed by atoms with Crippen LogP contribution >= 0.6 is 11.6 Å². The fourth-order valence-electron chi connectivity index (χ4n) is 3.85. The molecular weight excluding hydrogens is 500 g/mol. The maximum atomic E-state index is 13.7. The van der Waals surface area contributed by atoms with Crippen molar-refractivity contribution in [2.75, 3.05) is 10.9 Å². The van der Waals surface area contributed by atoms with Gasteiger partial charge in [-0.15, -0.1) is 0 Å². The summed E-state index contributed by atoms with van der Waals surface area (Å²) in [6.07, 6.45) is 2.04. The van der Waals surface area contributed by atoms with Crippen LogP contribution in [0.25, 0.3) is 0 Å². The summed E-state index contributed by atoms with van der Waals surface area (Å²) < 4.78 is 34.6. The first-order valence-electron chi connectivity index (χ1n) is 11.3. The van der Waals surface area contributed by atoms with E-state index in [9.17, 15) is 13.2 Å². The quantitative estimate of drug-likeness (QED) is 0.221. The monoisotopic (exact) mass is 528 g/mol. The van der Waals surface area contributed by atoms with Crippen molar-refractivity contribution in [3.05, 3.63) is 88.4 Å². The van der Waals surface area contributed by atoms with Gasteiger partial charge in [0.2, 0.25) is 5.91 Å². The lowest BCUT2D eigenvalue weighted by Gasteiger charge is -2.31. The van der Waals surface area contributed by atoms with Crippen LogP contribution in [0, 0.1) is 6.92 Å². The first kappa shape index (κ1) is 27.0. The van der Waals surface area contributed by atoms with Gasteiger partial charge < -0.3 is 16.3 Å². The number of benzene rings is 3. The Morgan fingerprint density at radius 2 is 1.83 bits per heavy atom. The number of hydrogen-bond acceptors (Lipinski definition) is 6. The molecule has 0 aromatic heterocycles. The van der Waals surface area contributed by atoms with Crippen LogP contribution in [0.5, 0.6) is 5.75 Å². The van der Waals surface area contributed by atoms with Crippen LogP contribution in [0.1, 0.15) is 30.0 Å². The highest BCUT2D eigenvalue weighted by Gasteiger charge is 2.32. The number of halogens is 1. The van der Waals surface area contributed by atoms with Crippen LogP contribution < -0.4 is 20.6 Å². The van der Waals surface area contributed by atoms with E-state index in [1.807, 2.05) is 37.3 Å². The van der Waals surface area contributed by atoms with Crippen molar-refractivity contribution >= 4 is 39.4 Å². The molecule has 0 aliphatic rings. The Hall–Kier alpha value is -3.56. The fraction of sp³-hybridized carbons (Fsp3) is 0.231. The van der Waals surface area contributed by atoms with E-state index in [0.717, 1.165) is 16.7 Å². The van der Waals surface area contributed by atoms with E-state index in [2.05, 4.69) is 5.10 Å². The van der Waals surface area contributed by atoms with Gasteiger partial charge >= 0.3 is 0 Å². The average molecular weight is 529 g/mol. The predicted molar refractivity (Wildman–Crippen MR) is 143 cm³/mol. The molecule has 0 bridgehead atoms. The summed E-state index contributed by atoms with van der Waals surface area (Å²) in [5.74, 6) is 5.06. The molecule has 1 unspecified atom stereocenters. The van der Waals surface area contributed by atoms with Gasteiger partial charge in [-0.25, -0.2) is 8.42 Å². The lowest BCUT2D eigenvalue weighted by atomic mass is 10.1. The lowest BCUT2D eigenvalue weighted by Crippen LogP contribution is -2.41. The summed E-state index contributed by atoms with van der Waals surface area (Å²) in [7, 11) is -4.12. The highest BCUT2D eigenvalue weighted by atomic mass is 35.5. The molecule has 3 aromatic rings. The number of anilines is 1. The minimum Gasteiger partial charge on any atom is -0.493 e. The van der Waals surface area contributed by atoms with Crippen LogP contribution in [-0.4, -0.2) is 33.2 Å². The first-order chi connectivity index (χ1) is 17.1. The number of carbonyl (C=O) groups is 1. The topological polar surface area (TPSA) is 128 Å². The Bertz CT molecular complexity index is 1340. The van der Waals surface area contributed by atoms with Crippen molar-refractivity contribution in [3.8, 4) is 5.75 Å². The number of primary amides is 1. The van der Waals surface area contributed by atoms with E-state index in [4.69, 9.17) is 27.9 Å². The number of ether oxygens (including phenoxy) is 1. The van der Waals surface area contributed by atoms with Gasteiger partial charge in [0, 0.05) is 18.9 Å². The van der Waals surface area contributed by atoms with Gasteiger partial charge in [-0.3, -0.25) is 9.10 Å². The molecule has 10 heteroatoms. The van der Waals surface area contributed by atoms with Crippen LogP contribution in [0.15, 0.2) is 76.7 Å². The van der Waals surface area contributed by atoms with Gasteiger partial charge in [0.05, 0.1) is 29.6 Å². The number of amides is 1. The van der Waals surface area contributed by atoms with Gasteiger partial charge in [-0.1, -0.05) is 48.0 Å². The van der Waals surface area contributed by atoms with Gasteiger partial charge in [-0.2, -0.15) is 5.10 Å². The second-order valence-corrected chi connectivity index (χ2v) is 10.6. The summed E-state index contributed by atoms with van der Waals surface area (Å²) in [5.41, 5.74) is 8.51. The normalized spacial score (nSPS) is 12.4. The number of carbonyl (C=O) groups excluding carboxylic acids is 1. The van der Waals surface area contributed by atoms with Crippen molar-refractivity contribution in [1.29, 1.82) is 0 Å². The van der Waals surface area contributed by atoms with Crippen molar-refractivity contribution in [2.45, 2.75) is 37.6 Å². The molecule has 1 atom stereocenters. The largest absolute Gasteiger partial charge is 0.493 e. The zero-order chi connectivity index (χ0) is 26.3. The summed E-state index contributed by atoms with van der Waals surface area (Å²) >= 11 is 6.23. The third kappa shape index (κ3) is 6.77. The number of hydrogen-bond donors (Lipinski definition) is 2. The molecule has 1 amide bonds. The van der Waals surface area contributed by atoms with Gasteiger partial charge in [-0.05, 0) is 54.8 Å². The molecule has 0 saturated heterocycles. The summed E-state index contributed by atoms with van der Waals surface area (Å²) in [4.78, 5) is 11.6. The number of sulfonamides is 1. The lowest BCUT2D eigenvalue weighted by molar-refractivity contribution is -0.118.